The van der Waals surface area contributed by atoms with E-state index in [1.807, 2.05) is 6.92 Å². The van der Waals surface area contributed by atoms with Crippen LogP contribution >= 0.6 is 0 Å². The third-order valence-electron chi connectivity index (χ3n) is 3.35. The van der Waals surface area contributed by atoms with Gasteiger partial charge in [0.2, 0.25) is 11.8 Å². The van der Waals surface area contributed by atoms with E-state index < -0.39 is 6.04 Å². The Bertz CT molecular complexity index is 474. The molecule has 0 saturated carbocycles. The van der Waals surface area contributed by atoms with Gasteiger partial charge >= 0.3 is 0 Å². The number of unbranched alkanes of at least 4 members (excludes halogenated alkanes) is 1. The quantitative estimate of drug-likeness (QED) is 0.785. The summed E-state index contributed by atoms with van der Waals surface area (Å²) in [4.78, 5) is 25.3. The van der Waals surface area contributed by atoms with E-state index in [2.05, 4.69) is 5.32 Å². The van der Waals surface area contributed by atoms with Gasteiger partial charge in [-0.15, -0.1) is 0 Å². The number of carbonyl (C=O) groups is 2. The summed E-state index contributed by atoms with van der Waals surface area (Å²) >= 11 is 0. The minimum atomic E-state index is -0.551. The van der Waals surface area contributed by atoms with Crippen LogP contribution in [0.5, 0.6) is 0 Å². The van der Waals surface area contributed by atoms with Gasteiger partial charge in [0.15, 0.2) is 0 Å². The van der Waals surface area contributed by atoms with Crippen LogP contribution in [-0.2, 0) is 16.1 Å². The number of nitrogens with one attached hydrogen (secondary N) is 1. The van der Waals surface area contributed by atoms with Crippen LogP contribution in [0.3, 0.4) is 0 Å². The molecule has 1 N–H and O–H groups in total. The lowest BCUT2D eigenvalue weighted by Crippen LogP contribution is -2.47. The van der Waals surface area contributed by atoms with Gasteiger partial charge in [0.25, 0.3) is 0 Å². The number of amides is 2. The zero-order valence-corrected chi connectivity index (χ0v) is 12.9. The smallest absolute Gasteiger partial charge is 0.242 e. The van der Waals surface area contributed by atoms with E-state index in [0.717, 1.165) is 18.4 Å². The average Bonchev–Trinajstić information content (AvgIpc) is 2.45. The third-order valence-corrected chi connectivity index (χ3v) is 3.35. The van der Waals surface area contributed by atoms with Gasteiger partial charge in [-0.2, -0.15) is 0 Å². The molecule has 4 nitrogen and oxygen atoms in total. The van der Waals surface area contributed by atoms with Crippen molar-refractivity contribution in [2.24, 2.45) is 0 Å². The molecule has 5 heteroatoms. The molecule has 0 aromatic heterocycles. The number of nitrogens with zero attached hydrogens (tertiary/aromatic N) is 1. The molecule has 0 unspecified atom stereocenters. The van der Waals surface area contributed by atoms with Crippen LogP contribution in [0.2, 0.25) is 0 Å². The molecule has 1 atom stereocenters. The normalized spacial score (nSPS) is 11.8. The standard InChI is InChI=1S/C16H23FN2O2/c1-4-5-10-18-16(21)12(2)19(13(3)20)11-14-6-8-15(17)9-7-14/h6-9,12H,4-5,10-11H2,1-3H3,(H,18,21)/t12-/m1/s1. The highest BCUT2D eigenvalue weighted by Crippen LogP contribution is 2.10. The van der Waals surface area contributed by atoms with E-state index in [1.54, 1.807) is 19.1 Å². The second-order valence-corrected chi connectivity index (χ2v) is 5.09. The van der Waals surface area contributed by atoms with E-state index in [1.165, 1.54) is 24.0 Å². The van der Waals surface area contributed by atoms with E-state index in [0.29, 0.717) is 6.54 Å². The molecule has 1 aromatic rings. The van der Waals surface area contributed by atoms with Crippen LogP contribution in [0.15, 0.2) is 24.3 Å². The molecule has 1 aromatic carbocycles. The zero-order chi connectivity index (χ0) is 15.8. The van der Waals surface area contributed by atoms with E-state index in [-0.39, 0.29) is 24.2 Å². The Kier molecular flexibility index (Phi) is 6.85. The Labute approximate surface area is 125 Å². The number of rotatable bonds is 7. The highest BCUT2D eigenvalue weighted by atomic mass is 19.1. The second kappa shape index (κ2) is 8.39. The predicted molar refractivity (Wildman–Crippen MR) is 80.0 cm³/mol. The molecule has 1 rings (SSSR count). The number of benzene rings is 1. The van der Waals surface area contributed by atoms with E-state index in [4.69, 9.17) is 0 Å². The molecule has 21 heavy (non-hydrogen) atoms. The SMILES string of the molecule is CCCCNC(=O)[C@@H](C)N(Cc1ccc(F)cc1)C(C)=O. The summed E-state index contributed by atoms with van der Waals surface area (Å²) < 4.78 is 12.9. The fraction of sp³-hybridized carbons (Fsp3) is 0.500. The summed E-state index contributed by atoms with van der Waals surface area (Å²) in [5.41, 5.74) is 0.791. The summed E-state index contributed by atoms with van der Waals surface area (Å²) in [7, 11) is 0. The molecule has 0 spiro atoms. The Hall–Kier alpha value is -1.91. The number of hydrogen-bond donors (Lipinski definition) is 1. The largest absolute Gasteiger partial charge is 0.354 e. The molecule has 0 aliphatic carbocycles. The van der Waals surface area contributed by atoms with Crippen molar-refractivity contribution in [2.75, 3.05) is 6.54 Å². The van der Waals surface area contributed by atoms with E-state index >= 15 is 0 Å². The molecule has 0 aliphatic heterocycles. The van der Waals surface area contributed by atoms with Gasteiger partial charge in [-0.3, -0.25) is 9.59 Å². The van der Waals surface area contributed by atoms with Crippen LogP contribution in [0.1, 0.15) is 39.2 Å². The van der Waals surface area contributed by atoms with E-state index in [9.17, 15) is 14.0 Å². The molecular formula is C16H23FN2O2. The van der Waals surface area contributed by atoms with Crippen molar-refractivity contribution in [1.82, 2.24) is 10.2 Å². The van der Waals surface area contributed by atoms with Crippen molar-refractivity contribution >= 4 is 11.8 Å². The van der Waals surface area contributed by atoms with Gasteiger partial charge in [-0.05, 0) is 31.0 Å². The molecule has 0 bridgehead atoms. The summed E-state index contributed by atoms with van der Waals surface area (Å²) in [5.74, 6) is -0.670. The lowest BCUT2D eigenvalue weighted by Gasteiger charge is -2.27. The van der Waals surface area contributed by atoms with Crippen LogP contribution in [0.4, 0.5) is 4.39 Å². The lowest BCUT2D eigenvalue weighted by atomic mass is 10.1. The highest BCUT2D eigenvalue weighted by Gasteiger charge is 2.23. The van der Waals surface area contributed by atoms with Crippen LogP contribution in [0.25, 0.3) is 0 Å². The van der Waals surface area contributed by atoms with Crippen molar-refractivity contribution in [3.63, 3.8) is 0 Å². The number of hydrogen-bond acceptors (Lipinski definition) is 2. The lowest BCUT2D eigenvalue weighted by molar-refractivity contribution is -0.138. The van der Waals surface area contributed by atoms with Crippen molar-refractivity contribution < 1.29 is 14.0 Å². The summed E-state index contributed by atoms with van der Waals surface area (Å²) in [6.45, 7) is 6.08. The van der Waals surface area contributed by atoms with Crippen molar-refractivity contribution in [3.05, 3.63) is 35.6 Å². The Morgan fingerprint density at radius 3 is 2.43 bits per heavy atom. The molecule has 0 heterocycles. The Balaban J connectivity index is 2.69. The average molecular weight is 294 g/mol. The van der Waals surface area contributed by atoms with Crippen molar-refractivity contribution in [3.8, 4) is 0 Å². The minimum absolute atomic E-state index is 0.166. The van der Waals surface area contributed by atoms with Crippen LogP contribution in [-0.4, -0.2) is 29.3 Å². The maximum Gasteiger partial charge on any atom is 0.242 e. The number of halogens is 1. The Morgan fingerprint density at radius 1 is 1.29 bits per heavy atom. The van der Waals surface area contributed by atoms with Gasteiger partial charge in [-0.1, -0.05) is 25.5 Å². The minimum Gasteiger partial charge on any atom is -0.354 e. The van der Waals surface area contributed by atoms with Gasteiger partial charge in [0.05, 0.1) is 0 Å². The second-order valence-electron chi connectivity index (χ2n) is 5.09. The fourth-order valence-electron chi connectivity index (χ4n) is 1.99. The predicted octanol–water partition coefficient (Wildman–Crippen LogP) is 2.48. The molecule has 0 fully saturated rings. The first-order chi connectivity index (χ1) is 9.95. The van der Waals surface area contributed by atoms with Gasteiger partial charge < -0.3 is 10.2 Å². The van der Waals surface area contributed by atoms with Gasteiger partial charge in [-0.25, -0.2) is 4.39 Å². The van der Waals surface area contributed by atoms with Gasteiger partial charge in [0.1, 0.15) is 11.9 Å². The molecule has 116 valence electrons. The van der Waals surface area contributed by atoms with Crippen molar-refractivity contribution in [2.45, 2.75) is 46.2 Å². The maximum atomic E-state index is 12.9. The first-order valence-electron chi connectivity index (χ1n) is 7.25. The summed E-state index contributed by atoms with van der Waals surface area (Å²) in [6.07, 6.45) is 1.91. The molecular weight excluding hydrogens is 271 g/mol. The first kappa shape index (κ1) is 17.1. The Morgan fingerprint density at radius 2 is 1.90 bits per heavy atom. The van der Waals surface area contributed by atoms with Crippen LogP contribution < -0.4 is 5.32 Å². The summed E-state index contributed by atoms with van der Waals surface area (Å²) in [5, 5.41) is 2.82. The number of carbonyl (C=O) groups excluding carboxylic acids is 2. The highest BCUT2D eigenvalue weighted by molar-refractivity contribution is 5.86. The molecule has 0 saturated heterocycles. The molecule has 0 aliphatic rings. The molecule has 2 amide bonds. The first-order valence-corrected chi connectivity index (χ1v) is 7.25. The maximum absolute atomic E-state index is 12.9. The topological polar surface area (TPSA) is 49.4 Å². The van der Waals surface area contributed by atoms with Crippen molar-refractivity contribution in [1.29, 1.82) is 0 Å². The zero-order valence-electron chi connectivity index (χ0n) is 12.9. The summed E-state index contributed by atoms with van der Waals surface area (Å²) in [6, 6.07) is 5.38. The monoisotopic (exact) mass is 294 g/mol. The molecule has 0 radical (unpaired) electrons. The fourth-order valence-corrected chi connectivity index (χ4v) is 1.99. The van der Waals surface area contributed by atoms with Crippen LogP contribution in [0, 0.1) is 5.82 Å². The van der Waals surface area contributed by atoms with Gasteiger partial charge in [0, 0.05) is 20.0 Å². The third kappa shape index (κ3) is 5.53.